The van der Waals surface area contributed by atoms with Crippen LogP contribution in [0.25, 0.3) is 0 Å². The van der Waals surface area contributed by atoms with Crippen LogP contribution in [0.4, 0.5) is 0 Å². The van der Waals surface area contributed by atoms with Crippen molar-refractivity contribution < 1.29 is 4.74 Å². The quantitative estimate of drug-likeness (QED) is 0.902. The van der Waals surface area contributed by atoms with E-state index in [0.29, 0.717) is 6.04 Å². The molecule has 0 amide bonds. The first-order valence-corrected chi connectivity index (χ1v) is 6.90. The minimum atomic E-state index is 0.296. The average Bonchev–Trinajstić information content (AvgIpc) is 2.44. The first kappa shape index (κ1) is 14.5. The predicted octanol–water partition coefficient (Wildman–Crippen LogP) is 3.56. The molecule has 0 fully saturated rings. The van der Waals surface area contributed by atoms with Crippen LogP contribution in [0.1, 0.15) is 35.5 Å². The number of ether oxygens (including phenoxy) is 1. The van der Waals surface area contributed by atoms with E-state index in [4.69, 9.17) is 4.74 Å². The molecule has 0 saturated carbocycles. The molecule has 0 spiro atoms. The van der Waals surface area contributed by atoms with Crippen molar-refractivity contribution >= 4 is 0 Å². The van der Waals surface area contributed by atoms with E-state index in [2.05, 4.69) is 48.4 Å². The molecule has 2 rings (SSSR count). The van der Waals surface area contributed by atoms with Gasteiger partial charge in [-0.2, -0.15) is 0 Å². The van der Waals surface area contributed by atoms with Gasteiger partial charge in [-0.1, -0.05) is 24.3 Å². The van der Waals surface area contributed by atoms with Crippen molar-refractivity contribution in [3.63, 3.8) is 0 Å². The molecule has 2 aromatic rings. The summed E-state index contributed by atoms with van der Waals surface area (Å²) in [5.74, 6) is 0.859. The lowest BCUT2D eigenvalue weighted by atomic mass is 10.0. The Morgan fingerprint density at radius 2 is 1.95 bits per heavy atom. The molecule has 0 bridgehead atoms. The number of methoxy groups -OCH3 is 1. The molecule has 0 aliphatic heterocycles. The summed E-state index contributed by atoms with van der Waals surface area (Å²) < 4.78 is 5.28. The highest BCUT2D eigenvalue weighted by Crippen LogP contribution is 2.18. The topological polar surface area (TPSA) is 34.1 Å². The summed E-state index contributed by atoms with van der Waals surface area (Å²) in [4.78, 5) is 4.53. The second-order valence-electron chi connectivity index (χ2n) is 5.10. The van der Waals surface area contributed by atoms with E-state index < -0.39 is 0 Å². The van der Waals surface area contributed by atoms with Crippen molar-refractivity contribution in [2.75, 3.05) is 7.11 Å². The summed E-state index contributed by atoms with van der Waals surface area (Å²) >= 11 is 0. The normalized spacial score (nSPS) is 12.2. The molecule has 106 valence electrons. The number of pyridine rings is 1. The molecule has 0 aliphatic rings. The Morgan fingerprint density at radius 3 is 2.65 bits per heavy atom. The monoisotopic (exact) mass is 270 g/mol. The molecular formula is C17H22N2O. The molecule has 20 heavy (non-hydrogen) atoms. The summed E-state index contributed by atoms with van der Waals surface area (Å²) in [6, 6.07) is 12.7. The van der Waals surface area contributed by atoms with Gasteiger partial charge in [0.15, 0.2) is 0 Å². The number of nitrogens with one attached hydrogen (secondary N) is 1. The van der Waals surface area contributed by atoms with E-state index >= 15 is 0 Å². The van der Waals surface area contributed by atoms with E-state index in [-0.39, 0.29) is 0 Å². The number of hydrogen-bond acceptors (Lipinski definition) is 3. The van der Waals surface area contributed by atoms with Crippen molar-refractivity contribution in [1.82, 2.24) is 10.3 Å². The van der Waals surface area contributed by atoms with Gasteiger partial charge in [-0.3, -0.25) is 4.98 Å². The van der Waals surface area contributed by atoms with Gasteiger partial charge in [0, 0.05) is 30.4 Å². The molecule has 1 N–H and O–H groups in total. The molecular weight excluding hydrogens is 248 g/mol. The van der Waals surface area contributed by atoms with Crippen LogP contribution in [0.15, 0.2) is 36.4 Å². The van der Waals surface area contributed by atoms with Crippen LogP contribution in [-0.2, 0) is 6.54 Å². The molecule has 1 aromatic heterocycles. The largest absolute Gasteiger partial charge is 0.497 e. The Kier molecular flexibility index (Phi) is 4.74. The highest BCUT2D eigenvalue weighted by molar-refractivity contribution is 5.29. The smallest absolute Gasteiger partial charge is 0.122 e. The van der Waals surface area contributed by atoms with Crippen LogP contribution in [0.5, 0.6) is 5.75 Å². The highest BCUT2D eigenvalue weighted by atomic mass is 16.5. The third-order valence-electron chi connectivity index (χ3n) is 3.46. The third-order valence-corrected chi connectivity index (χ3v) is 3.46. The fourth-order valence-electron chi connectivity index (χ4n) is 2.35. The van der Waals surface area contributed by atoms with Crippen LogP contribution in [0.2, 0.25) is 0 Å². The lowest BCUT2D eigenvalue weighted by Gasteiger charge is -2.16. The molecule has 0 radical (unpaired) electrons. The minimum Gasteiger partial charge on any atom is -0.497 e. The van der Waals surface area contributed by atoms with Crippen molar-refractivity contribution in [3.05, 3.63) is 58.9 Å². The Balaban J connectivity index is 2.05. The van der Waals surface area contributed by atoms with Gasteiger partial charge in [0.25, 0.3) is 0 Å². The number of hydrogen-bond donors (Lipinski definition) is 1. The predicted molar refractivity (Wildman–Crippen MR) is 82.0 cm³/mol. The van der Waals surface area contributed by atoms with Crippen molar-refractivity contribution in [2.45, 2.75) is 33.4 Å². The first-order chi connectivity index (χ1) is 9.60. The SMILES string of the molecule is COc1cc(C)nc(CN[C@@H](C)c2ccccc2C)c1. The van der Waals surface area contributed by atoms with Crippen molar-refractivity contribution in [3.8, 4) is 5.75 Å². The molecule has 1 heterocycles. The second-order valence-corrected chi connectivity index (χ2v) is 5.10. The van der Waals surface area contributed by atoms with Crippen LogP contribution < -0.4 is 10.1 Å². The number of nitrogens with zero attached hydrogens (tertiary/aromatic N) is 1. The molecule has 1 aromatic carbocycles. The summed E-state index contributed by atoms with van der Waals surface area (Å²) in [7, 11) is 1.68. The molecule has 3 nitrogen and oxygen atoms in total. The van der Waals surface area contributed by atoms with Crippen LogP contribution in [0.3, 0.4) is 0 Å². The molecule has 1 atom stereocenters. The fraction of sp³-hybridized carbons (Fsp3) is 0.353. The molecule has 0 saturated heterocycles. The van der Waals surface area contributed by atoms with Gasteiger partial charge in [0.05, 0.1) is 12.8 Å². The molecule has 0 unspecified atom stereocenters. The van der Waals surface area contributed by atoms with Gasteiger partial charge in [0.1, 0.15) is 5.75 Å². The lowest BCUT2D eigenvalue weighted by molar-refractivity contribution is 0.412. The average molecular weight is 270 g/mol. The third kappa shape index (κ3) is 3.58. The molecule has 0 aliphatic carbocycles. The Labute approximate surface area is 121 Å². The van der Waals surface area contributed by atoms with Gasteiger partial charge in [0.2, 0.25) is 0 Å². The summed E-state index contributed by atoms with van der Waals surface area (Å²) in [6.07, 6.45) is 0. The summed E-state index contributed by atoms with van der Waals surface area (Å²) in [5.41, 5.74) is 4.61. The molecule has 3 heteroatoms. The van der Waals surface area contributed by atoms with Gasteiger partial charge in [-0.05, 0) is 31.9 Å². The van der Waals surface area contributed by atoms with Crippen LogP contribution in [0, 0.1) is 13.8 Å². The number of aryl methyl sites for hydroxylation is 2. The number of benzene rings is 1. The Morgan fingerprint density at radius 1 is 1.20 bits per heavy atom. The maximum absolute atomic E-state index is 5.28. The van der Waals surface area contributed by atoms with Crippen molar-refractivity contribution in [1.29, 1.82) is 0 Å². The Bertz CT molecular complexity index is 581. The van der Waals surface area contributed by atoms with E-state index in [1.54, 1.807) is 7.11 Å². The fourth-order valence-corrected chi connectivity index (χ4v) is 2.35. The van der Waals surface area contributed by atoms with Crippen LogP contribution >= 0.6 is 0 Å². The summed E-state index contributed by atoms with van der Waals surface area (Å²) in [6.45, 7) is 7.03. The second kappa shape index (κ2) is 6.53. The van der Waals surface area contributed by atoms with E-state index in [9.17, 15) is 0 Å². The van der Waals surface area contributed by atoms with E-state index in [0.717, 1.165) is 23.7 Å². The lowest BCUT2D eigenvalue weighted by Crippen LogP contribution is -2.19. The number of aromatic nitrogens is 1. The van der Waals surface area contributed by atoms with Gasteiger partial charge < -0.3 is 10.1 Å². The zero-order valence-corrected chi connectivity index (χ0v) is 12.6. The standard InChI is InChI=1S/C17H22N2O/c1-12-7-5-6-8-17(12)14(3)18-11-15-10-16(20-4)9-13(2)19-15/h5-10,14,18H,11H2,1-4H3/t14-/m0/s1. The van der Waals surface area contributed by atoms with Gasteiger partial charge in [-0.25, -0.2) is 0 Å². The van der Waals surface area contributed by atoms with Crippen LogP contribution in [-0.4, -0.2) is 12.1 Å². The minimum absolute atomic E-state index is 0.296. The van der Waals surface area contributed by atoms with E-state index in [1.165, 1.54) is 11.1 Å². The maximum atomic E-state index is 5.28. The van der Waals surface area contributed by atoms with Crippen molar-refractivity contribution in [2.24, 2.45) is 0 Å². The maximum Gasteiger partial charge on any atom is 0.122 e. The zero-order valence-electron chi connectivity index (χ0n) is 12.6. The van der Waals surface area contributed by atoms with Gasteiger partial charge >= 0.3 is 0 Å². The summed E-state index contributed by atoms with van der Waals surface area (Å²) in [5, 5.41) is 3.52. The highest BCUT2D eigenvalue weighted by Gasteiger charge is 2.08. The zero-order chi connectivity index (χ0) is 14.5. The van der Waals surface area contributed by atoms with Gasteiger partial charge in [-0.15, -0.1) is 0 Å². The first-order valence-electron chi connectivity index (χ1n) is 6.90. The van der Waals surface area contributed by atoms with E-state index in [1.807, 2.05) is 19.1 Å². The number of rotatable bonds is 5. The Hall–Kier alpha value is -1.87.